The molecule has 8 heteroatoms. The number of imide groups is 1. The fraction of sp³-hybridized carbons (Fsp3) is 0.615. The molecule has 0 radical (unpaired) electrons. The minimum absolute atomic E-state index is 0.156. The first-order chi connectivity index (χ1) is 9.63. The van der Waals surface area contributed by atoms with Crippen molar-refractivity contribution >= 4 is 17.8 Å². The molecule has 4 amide bonds. The van der Waals surface area contributed by atoms with Crippen LogP contribution in [0, 0.1) is 5.92 Å². The standard InChI is InChI=1S/C13H19N3O5/c1-5(2)6-7(17)11(15-9(6)18)21-13(3,4)8-10(19)16-12(20)14-8/h5,8,11,17H,1-4H3,(H,15,18)(H2,14,16,19,20). The molecule has 2 heterocycles. The number of rotatable bonds is 4. The molecule has 0 aliphatic carbocycles. The number of aliphatic hydroxyl groups excluding tert-OH is 1. The van der Waals surface area contributed by atoms with E-state index in [1.807, 2.05) is 0 Å². The van der Waals surface area contributed by atoms with Crippen LogP contribution in [0.25, 0.3) is 0 Å². The van der Waals surface area contributed by atoms with Crippen LogP contribution in [0.2, 0.25) is 0 Å². The highest BCUT2D eigenvalue weighted by atomic mass is 16.5. The van der Waals surface area contributed by atoms with Gasteiger partial charge < -0.3 is 20.5 Å². The van der Waals surface area contributed by atoms with Crippen LogP contribution in [0.5, 0.6) is 0 Å². The van der Waals surface area contributed by atoms with Gasteiger partial charge in [0.1, 0.15) is 6.04 Å². The number of aliphatic hydroxyl groups is 1. The molecule has 1 saturated heterocycles. The highest BCUT2D eigenvalue weighted by Gasteiger charge is 2.46. The zero-order valence-electron chi connectivity index (χ0n) is 12.3. The first-order valence-corrected chi connectivity index (χ1v) is 6.66. The summed E-state index contributed by atoms with van der Waals surface area (Å²) in [6.45, 7) is 6.75. The topological polar surface area (TPSA) is 117 Å². The van der Waals surface area contributed by atoms with Crippen LogP contribution >= 0.6 is 0 Å². The Labute approximate surface area is 121 Å². The predicted octanol–water partition coefficient (Wildman–Crippen LogP) is -0.0864. The van der Waals surface area contributed by atoms with E-state index in [0.717, 1.165) is 0 Å². The van der Waals surface area contributed by atoms with Gasteiger partial charge in [0, 0.05) is 0 Å². The van der Waals surface area contributed by atoms with Crippen molar-refractivity contribution in [1.82, 2.24) is 16.0 Å². The number of ether oxygens (including phenoxy) is 1. The van der Waals surface area contributed by atoms with Gasteiger partial charge in [0.05, 0.1) is 11.2 Å². The summed E-state index contributed by atoms with van der Waals surface area (Å²) in [5, 5.41) is 17.2. The molecule has 2 unspecified atom stereocenters. The summed E-state index contributed by atoms with van der Waals surface area (Å²) in [6, 6.07) is -1.50. The lowest BCUT2D eigenvalue weighted by molar-refractivity contribution is -0.136. The maximum Gasteiger partial charge on any atom is 0.322 e. The molecule has 2 aliphatic rings. The first-order valence-electron chi connectivity index (χ1n) is 6.66. The van der Waals surface area contributed by atoms with Crippen LogP contribution in [0.1, 0.15) is 27.7 Å². The summed E-state index contributed by atoms with van der Waals surface area (Å²) >= 11 is 0. The molecule has 8 nitrogen and oxygen atoms in total. The van der Waals surface area contributed by atoms with E-state index in [1.54, 1.807) is 27.7 Å². The second kappa shape index (κ2) is 5.03. The van der Waals surface area contributed by atoms with Crippen LogP contribution in [0.4, 0.5) is 4.79 Å². The molecule has 0 bridgehead atoms. The van der Waals surface area contributed by atoms with Crippen LogP contribution in [0.15, 0.2) is 11.3 Å². The maximum atomic E-state index is 11.8. The monoisotopic (exact) mass is 297 g/mol. The maximum absolute atomic E-state index is 11.8. The van der Waals surface area contributed by atoms with Gasteiger partial charge in [0.25, 0.3) is 11.8 Å². The van der Waals surface area contributed by atoms with Gasteiger partial charge in [-0.15, -0.1) is 0 Å². The molecule has 0 saturated carbocycles. The van der Waals surface area contributed by atoms with E-state index in [1.165, 1.54) is 0 Å². The minimum Gasteiger partial charge on any atom is -0.507 e. The van der Waals surface area contributed by atoms with Gasteiger partial charge in [0.2, 0.25) is 0 Å². The van der Waals surface area contributed by atoms with E-state index in [9.17, 15) is 19.5 Å². The van der Waals surface area contributed by atoms with Crippen molar-refractivity contribution < 1.29 is 24.2 Å². The van der Waals surface area contributed by atoms with Gasteiger partial charge in [-0.3, -0.25) is 14.9 Å². The van der Waals surface area contributed by atoms with E-state index >= 15 is 0 Å². The third kappa shape index (κ3) is 2.71. The fourth-order valence-electron chi connectivity index (χ4n) is 2.44. The Morgan fingerprint density at radius 1 is 1.19 bits per heavy atom. The van der Waals surface area contributed by atoms with Crippen molar-refractivity contribution in [2.24, 2.45) is 5.92 Å². The molecule has 2 atom stereocenters. The molecular formula is C13H19N3O5. The normalized spacial score (nSPS) is 26.2. The minimum atomic E-state index is -1.12. The number of hydrogen-bond acceptors (Lipinski definition) is 5. The SMILES string of the molecule is CC(C)C1=C(O)C(OC(C)(C)C2NC(=O)NC2=O)NC1=O. The third-order valence-electron chi connectivity index (χ3n) is 3.50. The Hall–Kier alpha value is -2.09. The Bertz CT molecular complexity index is 538. The predicted molar refractivity (Wildman–Crippen MR) is 72.0 cm³/mol. The summed E-state index contributed by atoms with van der Waals surface area (Å²) in [7, 11) is 0. The van der Waals surface area contributed by atoms with Crippen LogP contribution in [-0.2, 0) is 14.3 Å². The van der Waals surface area contributed by atoms with Crippen molar-refractivity contribution in [3.63, 3.8) is 0 Å². The Morgan fingerprint density at radius 3 is 2.24 bits per heavy atom. The Balaban J connectivity index is 2.16. The number of amides is 4. The van der Waals surface area contributed by atoms with E-state index in [2.05, 4.69) is 16.0 Å². The molecule has 21 heavy (non-hydrogen) atoms. The van der Waals surface area contributed by atoms with E-state index in [0.29, 0.717) is 0 Å². The summed E-state index contributed by atoms with van der Waals surface area (Å²) in [5.74, 6) is -1.26. The first kappa shape index (κ1) is 15.3. The zero-order chi connectivity index (χ0) is 15.9. The quantitative estimate of drug-likeness (QED) is 0.541. The van der Waals surface area contributed by atoms with Crippen LogP contribution in [0.3, 0.4) is 0 Å². The molecule has 0 aromatic rings. The molecule has 2 rings (SSSR count). The second-order valence-corrected chi connectivity index (χ2v) is 5.92. The van der Waals surface area contributed by atoms with Gasteiger partial charge in [-0.25, -0.2) is 4.79 Å². The number of hydrogen-bond donors (Lipinski definition) is 4. The third-order valence-corrected chi connectivity index (χ3v) is 3.50. The van der Waals surface area contributed by atoms with Gasteiger partial charge in [-0.1, -0.05) is 13.8 Å². The van der Waals surface area contributed by atoms with Crippen molar-refractivity contribution in [2.45, 2.75) is 45.6 Å². The highest BCUT2D eigenvalue weighted by Crippen LogP contribution is 2.27. The molecule has 0 aromatic heterocycles. The average Bonchev–Trinajstić information content (AvgIpc) is 2.79. The van der Waals surface area contributed by atoms with E-state index < -0.39 is 35.7 Å². The average molecular weight is 297 g/mol. The lowest BCUT2D eigenvalue weighted by Gasteiger charge is -2.32. The molecule has 0 spiro atoms. The van der Waals surface area contributed by atoms with Gasteiger partial charge in [-0.2, -0.15) is 0 Å². The van der Waals surface area contributed by atoms with Gasteiger partial charge in [0.15, 0.2) is 12.0 Å². The lowest BCUT2D eigenvalue weighted by atomic mass is 9.98. The molecule has 116 valence electrons. The summed E-state index contributed by atoms with van der Waals surface area (Å²) in [5.41, 5.74) is -0.857. The van der Waals surface area contributed by atoms with Crippen LogP contribution in [-0.4, -0.2) is 40.8 Å². The van der Waals surface area contributed by atoms with Gasteiger partial charge in [-0.05, 0) is 19.8 Å². The summed E-state index contributed by atoms with van der Waals surface area (Å²) in [6.07, 6.45) is -1.03. The van der Waals surface area contributed by atoms with Gasteiger partial charge >= 0.3 is 6.03 Å². The Kier molecular flexibility index (Phi) is 3.66. The van der Waals surface area contributed by atoms with E-state index in [-0.39, 0.29) is 17.3 Å². The van der Waals surface area contributed by atoms with Crippen molar-refractivity contribution in [1.29, 1.82) is 0 Å². The van der Waals surface area contributed by atoms with Crippen molar-refractivity contribution in [3.8, 4) is 0 Å². The Morgan fingerprint density at radius 2 is 1.81 bits per heavy atom. The highest BCUT2D eigenvalue weighted by molar-refractivity contribution is 6.04. The van der Waals surface area contributed by atoms with Crippen molar-refractivity contribution in [3.05, 3.63) is 11.3 Å². The summed E-state index contributed by atoms with van der Waals surface area (Å²) < 4.78 is 5.65. The zero-order valence-corrected chi connectivity index (χ0v) is 12.3. The fourth-order valence-corrected chi connectivity index (χ4v) is 2.44. The van der Waals surface area contributed by atoms with E-state index in [4.69, 9.17) is 4.74 Å². The molecule has 1 fully saturated rings. The molecule has 2 aliphatic heterocycles. The molecule has 4 N–H and O–H groups in total. The number of urea groups is 1. The molecule has 0 aromatic carbocycles. The summed E-state index contributed by atoms with van der Waals surface area (Å²) in [4.78, 5) is 34.7. The van der Waals surface area contributed by atoms with Crippen LogP contribution < -0.4 is 16.0 Å². The molecular weight excluding hydrogens is 278 g/mol. The lowest BCUT2D eigenvalue weighted by Crippen LogP contribution is -2.53. The number of carbonyl (C=O) groups is 3. The largest absolute Gasteiger partial charge is 0.507 e. The smallest absolute Gasteiger partial charge is 0.322 e. The number of nitrogens with one attached hydrogen (secondary N) is 3. The second-order valence-electron chi connectivity index (χ2n) is 5.92. The number of carbonyl (C=O) groups excluding carboxylic acids is 3. The van der Waals surface area contributed by atoms with Crippen molar-refractivity contribution in [2.75, 3.05) is 0 Å².